The van der Waals surface area contributed by atoms with E-state index < -0.39 is 0 Å². The van der Waals surface area contributed by atoms with E-state index in [0.717, 1.165) is 24.3 Å². The van der Waals surface area contributed by atoms with Gasteiger partial charge in [0.2, 0.25) is 0 Å². The fourth-order valence-electron chi connectivity index (χ4n) is 4.31. The molecule has 0 spiro atoms. The molecular weight excluding hydrogens is 208 g/mol. The van der Waals surface area contributed by atoms with E-state index in [1.165, 1.54) is 45.2 Å². The minimum atomic E-state index is 0.362. The molecule has 2 bridgehead atoms. The van der Waals surface area contributed by atoms with E-state index in [0.29, 0.717) is 5.54 Å². The number of hydrogen-bond acceptors (Lipinski definition) is 2. The van der Waals surface area contributed by atoms with Gasteiger partial charge in [-0.2, -0.15) is 0 Å². The van der Waals surface area contributed by atoms with Gasteiger partial charge in [0.05, 0.1) is 0 Å². The van der Waals surface area contributed by atoms with Crippen molar-refractivity contribution in [3.63, 3.8) is 0 Å². The molecule has 2 fully saturated rings. The molecular formula is C15H30N2. The van der Waals surface area contributed by atoms with Crippen molar-refractivity contribution in [3.8, 4) is 0 Å². The Balaban J connectivity index is 2.10. The van der Waals surface area contributed by atoms with E-state index in [1.807, 2.05) is 0 Å². The highest BCUT2D eigenvalue weighted by Crippen LogP contribution is 2.53. The molecule has 17 heavy (non-hydrogen) atoms. The Morgan fingerprint density at radius 3 is 2.53 bits per heavy atom. The quantitative estimate of drug-likeness (QED) is 0.771. The molecule has 2 rings (SSSR count). The lowest BCUT2D eigenvalue weighted by Gasteiger charge is -2.47. The molecule has 2 nitrogen and oxygen atoms in total. The van der Waals surface area contributed by atoms with Gasteiger partial charge in [-0.3, -0.25) is 4.90 Å². The van der Waals surface area contributed by atoms with Crippen molar-refractivity contribution in [2.24, 2.45) is 23.5 Å². The Labute approximate surface area is 107 Å². The third-order valence-electron chi connectivity index (χ3n) is 5.54. The van der Waals surface area contributed by atoms with Crippen LogP contribution in [-0.4, -0.2) is 30.1 Å². The van der Waals surface area contributed by atoms with Gasteiger partial charge in [-0.25, -0.2) is 0 Å². The highest BCUT2D eigenvalue weighted by atomic mass is 15.2. The van der Waals surface area contributed by atoms with Crippen LogP contribution in [-0.2, 0) is 0 Å². The van der Waals surface area contributed by atoms with Crippen LogP contribution in [0.1, 0.15) is 52.9 Å². The van der Waals surface area contributed by atoms with Gasteiger partial charge in [0.25, 0.3) is 0 Å². The molecule has 0 radical (unpaired) electrons. The van der Waals surface area contributed by atoms with Crippen LogP contribution in [0.5, 0.6) is 0 Å². The topological polar surface area (TPSA) is 29.3 Å². The summed E-state index contributed by atoms with van der Waals surface area (Å²) in [5, 5.41) is 0. The lowest BCUT2D eigenvalue weighted by molar-refractivity contribution is 0.0342. The predicted octanol–water partition coefficient (Wildman–Crippen LogP) is 2.87. The maximum Gasteiger partial charge on any atom is 0.0362 e. The van der Waals surface area contributed by atoms with Crippen molar-refractivity contribution >= 4 is 0 Å². The third kappa shape index (κ3) is 2.26. The third-order valence-corrected chi connectivity index (χ3v) is 5.54. The number of nitrogens with zero attached hydrogens (tertiary/aromatic N) is 1. The summed E-state index contributed by atoms with van der Waals surface area (Å²) in [6.07, 6.45) is 7.00. The summed E-state index contributed by atoms with van der Waals surface area (Å²) in [5.74, 6) is 2.67. The largest absolute Gasteiger partial charge is 0.329 e. The van der Waals surface area contributed by atoms with Crippen LogP contribution in [0.25, 0.3) is 0 Å². The molecule has 0 amide bonds. The van der Waals surface area contributed by atoms with Crippen LogP contribution in [0, 0.1) is 17.8 Å². The Kier molecular flexibility index (Phi) is 4.14. The molecule has 4 unspecified atom stereocenters. The first-order chi connectivity index (χ1) is 8.16. The fraction of sp³-hybridized carbons (Fsp3) is 1.00. The molecule has 0 saturated heterocycles. The maximum absolute atomic E-state index is 6.21. The van der Waals surface area contributed by atoms with Crippen molar-refractivity contribution in [1.29, 1.82) is 0 Å². The normalized spacial score (nSPS) is 37.9. The summed E-state index contributed by atoms with van der Waals surface area (Å²) in [7, 11) is 0. The van der Waals surface area contributed by atoms with Crippen LogP contribution in [0.4, 0.5) is 0 Å². The minimum absolute atomic E-state index is 0.362. The Morgan fingerprint density at radius 2 is 2.12 bits per heavy atom. The lowest BCUT2D eigenvalue weighted by Crippen LogP contribution is -2.58. The number of fused-ring (bicyclic) bond motifs is 2. The summed E-state index contributed by atoms with van der Waals surface area (Å²) in [4.78, 5) is 2.73. The van der Waals surface area contributed by atoms with E-state index in [4.69, 9.17) is 5.73 Å². The fourth-order valence-corrected chi connectivity index (χ4v) is 4.31. The molecule has 2 N–H and O–H groups in total. The summed E-state index contributed by atoms with van der Waals surface area (Å²) < 4.78 is 0. The smallest absolute Gasteiger partial charge is 0.0362 e. The average molecular weight is 238 g/mol. The first kappa shape index (κ1) is 13.4. The maximum atomic E-state index is 6.21. The molecule has 0 aromatic rings. The SMILES string of the molecule is CCC(C)CN(CC)C1(CN)CC2CCC1C2. The summed E-state index contributed by atoms with van der Waals surface area (Å²) in [6.45, 7) is 10.3. The minimum Gasteiger partial charge on any atom is -0.329 e. The predicted molar refractivity (Wildman–Crippen MR) is 73.9 cm³/mol. The second-order valence-corrected chi connectivity index (χ2v) is 6.44. The van der Waals surface area contributed by atoms with Crippen molar-refractivity contribution in [2.45, 2.75) is 58.4 Å². The zero-order chi connectivity index (χ0) is 12.5. The lowest BCUT2D eigenvalue weighted by atomic mass is 9.79. The van der Waals surface area contributed by atoms with Crippen molar-refractivity contribution in [1.82, 2.24) is 4.90 Å². The van der Waals surface area contributed by atoms with Gasteiger partial charge in [-0.15, -0.1) is 0 Å². The van der Waals surface area contributed by atoms with Gasteiger partial charge in [0, 0.05) is 18.6 Å². The molecule has 0 aromatic heterocycles. The molecule has 2 aliphatic carbocycles. The van der Waals surface area contributed by atoms with Crippen LogP contribution >= 0.6 is 0 Å². The molecule has 2 saturated carbocycles. The first-order valence-corrected chi connectivity index (χ1v) is 7.61. The zero-order valence-electron chi connectivity index (χ0n) is 11.9. The Morgan fingerprint density at radius 1 is 1.35 bits per heavy atom. The zero-order valence-corrected chi connectivity index (χ0v) is 11.9. The van der Waals surface area contributed by atoms with Gasteiger partial charge in [0.1, 0.15) is 0 Å². The van der Waals surface area contributed by atoms with Crippen molar-refractivity contribution in [3.05, 3.63) is 0 Å². The Bertz CT molecular complexity index is 253. The average Bonchev–Trinajstić information content (AvgIpc) is 2.95. The molecule has 0 heterocycles. The molecule has 2 aliphatic rings. The summed E-state index contributed by atoms with van der Waals surface area (Å²) in [5.41, 5.74) is 6.57. The van der Waals surface area contributed by atoms with E-state index in [2.05, 4.69) is 25.7 Å². The molecule has 4 atom stereocenters. The number of hydrogen-bond donors (Lipinski definition) is 1. The van der Waals surface area contributed by atoms with E-state index in [9.17, 15) is 0 Å². The van der Waals surface area contributed by atoms with Crippen LogP contribution in [0.3, 0.4) is 0 Å². The second kappa shape index (κ2) is 5.27. The Hall–Kier alpha value is -0.0800. The van der Waals surface area contributed by atoms with E-state index in [1.54, 1.807) is 0 Å². The highest BCUT2D eigenvalue weighted by Gasteiger charge is 2.52. The molecule has 0 aliphatic heterocycles. The van der Waals surface area contributed by atoms with Gasteiger partial charge in [0.15, 0.2) is 0 Å². The van der Waals surface area contributed by atoms with Gasteiger partial charge in [-0.1, -0.05) is 33.6 Å². The summed E-state index contributed by atoms with van der Waals surface area (Å²) in [6, 6.07) is 0. The second-order valence-electron chi connectivity index (χ2n) is 6.44. The standard InChI is InChI=1S/C15H30N2/c1-4-12(3)10-17(5-2)15(11-16)9-13-6-7-14(15)8-13/h12-14H,4-11,16H2,1-3H3. The van der Waals surface area contributed by atoms with Gasteiger partial charge >= 0.3 is 0 Å². The molecule has 0 aromatic carbocycles. The van der Waals surface area contributed by atoms with Gasteiger partial charge in [-0.05, 0) is 43.6 Å². The number of nitrogens with two attached hydrogens (primary N) is 1. The summed E-state index contributed by atoms with van der Waals surface area (Å²) >= 11 is 0. The van der Waals surface area contributed by atoms with Crippen LogP contribution in [0.2, 0.25) is 0 Å². The van der Waals surface area contributed by atoms with Crippen molar-refractivity contribution in [2.75, 3.05) is 19.6 Å². The molecule has 100 valence electrons. The highest BCUT2D eigenvalue weighted by molar-refractivity contribution is 5.08. The van der Waals surface area contributed by atoms with Crippen LogP contribution in [0.15, 0.2) is 0 Å². The number of rotatable bonds is 6. The number of likely N-dealkylation sites (N-methyl/N-ethyl adjacent to an activating group) is 1. The van der Waals surface area contributed by atoms with Gasteiger partial charge < -0.3 is 5.73 Å². The van der Waals surface area contributed by atoms with E-state index in [-0.39, 0.29) is 0 Å². The van der Waals surface area contributed by atoms with Crippen LogP contribution < -0.4 is 5.73 Å². The molecule has 2 heteroatoms. The monoisotopic (exact) mass is 238 g/mol. The van der Waals surface area contributed by atoms with Crippen molar-refractivity contribution < 1.29 is 0 Å². The first-order valence-electron chi connectivity index (χ1n) is 7.61. The van der Waals surface area contributed by atoms with E-state index >= 15 is 0 Å².